The number of carboxylic acid groups (broad SMARTS) is 3. The first-order chi connectivity index (χ1) is 63.1. The normalized spacial score (nSPS) is 37.8. The number of hydrogen-bond acceptors (Lipinski definition) is 41. The molecule has 0 saturated carbocycles. The maximum Gasteiger partial charge on any atom is 0.335 e. The average Bonchev–Trinajstić information content (AvgIpc) is 0.759. The first-order valence-electron chi connectivity index (χ1n) is 45.3. The van der Waals surface area contributed by atoms with E-state index in [-0.39, 0.29) is 54.4 Å². The molecule has 40 unspecified atom stereocenters. The average molecular weight is 1980 g/mol. The smallest absolute Gasteiger partial charge is 0.335 e. The molecule has 8 heterocycles. The van der Waals surface area contributed by atoms with Crippen LogP contribution in [0.2, 0.25) is 0 Å². The first kappa shape index (κ1) is 130. The van der Waals surface area contributed by atoms with E-state index < -0.39 is 312 Å². The Kier molecular flexibility index (Phi) is 62.3. The zero-order chi connectivity index (χ0) is 101. The molecule has 6 amide bonds. The van der Waals surface area contributed by atoms with E-state index in [1.165, 1.54) is 34.8 Å². The predicted molar refractivity (Wildman–Crippen MR) is 473 cm³/mol. The molecule has 50 nitrogen and oxygen atoms in total. The molecule has 40 atom stereocenters. The number of aliphatic hydroxyl groups excluding tert-OH is 15. The van der Waals surface area contributed by atoms with Crippen molar-refractivity contribution in [2.24, 2.45) is 0 Å². The lowest BCUT2D eigenvalue weighted by atomic mass is 9.92. The first-order valence-corrected chi connectivity index (χ1v) is 45.3. The van der Waals surface area contributed by atoms with Crippen molar-refractivity contribution in [3.63, 3.8) is 0 Å². The lowest BCUT2D eigenvalue weighted by molar-refractivity contribution is -0.366. The number of rotatable bonds is 40. The fourth-order valence-electron chi connectivity index (χ4n) is 15.7. The number of carboxylic acids is 3. The second kappa shape index (κ2) is 65.2. The van der Waals surface area contributed by atoms with Crippen LogP contribution < -0.4 is 31.9 Å². The van der Waals surface area contributed by atoms with E-state index in [1.807, 2.05) is 62.3 Å². The Labute approximate surface area is 794 Å². The van der Waals surface area contributed by atoms with Crippen molar-refractivity contribution in [2.45, 2.75) is 436 Å². The molecule has 800 valence electrons. The van der Waals surface area contributed by atoms with E-state index >= 15 is 0 Å². The predicted octanol–water partition coefficient (Wildman–Crippen LogP) is -5.37. The lowest BCUT2D eigenvalue weighted by Gasteiger charge is -2.50. The standard InChI is InChI=1S/C39H65N3O23.C36H61N3O21.4C2H6.3CH4/c1-6-7-8-9-11-40-20(46)10-12-58-14-19-24(48)29(21(15(2)59-19)41-16(3)44)61-39-28(52)26(50)32(34(65-39)36(55)56)63-37-22(42-17(4)45)30(23(47)18(13-43)60-37)62-38-27(51)25(49)31(57-5)33(64-38)35(53)54;1-6-7-8-9-10-37-32(50)30-28(53-5)22(46)24(48)35(59-30)57-27-19(39-15(4)43)34(55-17(12-41)21(27)45)58-29-23(47)25(49)36(60-31(29)33(51)52)56-26-18(38-14(3)42)13(2)54-16(11-40)20(26)44;4*1-2;;;/h15,18-19,21-34,37-39,43,47-52H,6-14H2,1-5H3,(H,40,46)(H,41,44)(H,42,45)(H,53,54)(H,55,56);13,16-31,34-36,40-41,44-49H,6-12H2,1-5H3,(H,37,50)(H,38,42)(H,39,43)(H,51,52);4*1-2H3;3*1H4. The van der Waals surface area contributed by atoms with Crippen molar-refractivity contribution in [3.05, 3.63) is 0 Å². The molecule has 136 heavy (non-hydrogen) atoms. The number of hydrogen-bond donors (Lipinski definition) is 24. The number of methoxy groups -OCH3 is 2. The number of carbonyl (C=O) groups is 9. The van der Waals surface area contributed by atoms with Crippen LogP contribution in [0.15, 0.2) is 0 Å². The van der Waals surface area contributed by atoms with Gasteiger partial charge in [-0.05, 0) is 26.7 Å². The molecule has 0 aromatic heterocycles. The molecule has 8 rings (SSSR count). The molecule has 0 aromatic rings. The summed E-state index contributed by atoms with van der Waals surface area (Å²) in [7, 11) is 2.23. The zero-order valence-corrected chi connectivity index (χ0v) is 78.6. The molecule has 0 aliphatic carbocycles. The van der Waals surface area contributed by atoms with Gasteiger partial charge >= 0.3 is 17.9 Å². The molecule has 8 aliphatic rings. The summed E-state index contributed by atoms with van der Waals surface area (Å²) in [6, 6.07) is -5.71. The lowest BCUT2D eigenvalue weighted by Crippen LogP contribution is -2.70. The summed E-state index contributed by atoms with van der Waals surface area (Å²) in [5.74, 6) is -8.97. The summed E-state index contributed by atoms with van der Waals surface area (Å²) >= 11 is 0. The van der Waals surface area contributed by atoms with Gasteiger partial charge in [-0.1, -0.05) is 130 Å². The van der Waals surface area contributed by atoms with E-state index in [0.717, 1.165) is 65.9 Å². The van der Waals surface area contributed by atoms with Gasteiger partial charge in [-0.15, -0.1) is 0 Å². The quantitative estimate of drug-likeness (QED) is 0.0255. The second-order valence-corrected chi connectivity index (χ2v) is 31.5. The third kappa shape index (κ3) is 35.5. The van der Waals surface area contributed by atoms with Crippen molar-refractivity contribution >= 4 is 53.4 Å². The SMILES string of the molecule is C.C.C.CC.CC.CC.CC.CCCCCCNC(=O)C1OC(OC2C(O)C(CO)OC(OC3C(C(=O)O)OC(OC4C(O)C(CO)OC(C)C4NC(C)=O)C(O)C3O)C2NC(C)=O)C(O)C(O)C1OC.CCCCCCNC(=O)CCOCC1OC(C)C(NC(C)=O)C(OC2OC(C(=O)O)C(OC3OC(CO)C(O)C(OC4OC(C(=O)O)C(OC)C(O)C4O)C3NC(C)=O)C(O)C2O)C1O. The van der Waals surface area contributed by atoms with E-state index in [9.17, 15) is 135 Å². The zero-order valence-electron chi connectivity index (χ0n) is 78.6. The minimum absolute atomic E-state index is 0. The highest BCUT2D eigenvalue weighted by molar-refractivity contribution is 5.82. The van der Waals surface area contributed by atoms with Gasteiger partial charge in [-0.3, -0.25) is 28.8 Å². The third-order valence-electron chi connectivity index (χ3n) is 22.2. The minimum Gasteiger partial charge on any atom is -0.479 e. The van der Waals surface area contributed by atoms with Crippen LogP contribution in [0, 0.1) is 0 Å². The van der Waals surface area contributed by atoms with Crippen LogP contribution in [-0.4, -0.2) is 451 Å². The van der Waals surface area contributed by atoms with Crippen LogP contribution in [0.3, 0.4) is 0 Å². The largest absolute Gasteiger partial charge is 0.479 e. The van der Waals surface area contributed by atoms with Crippen molar-refractivity contribution < 1.29 is 216 Å². The van der Waals surface area contributed by atoms with E-state index in [2.05, 4.69) is 38.8 Å². The van der Waals surface area contributed by atoms with E-state index in [4.69, 9.17) is 80.5 Å². The third-order valence-corrected chi connectivity index (χ3v) is 22.2. The van der Waals surface area contributed by atoms with Gasteiger partial charge in [0.05, 0.1) is 57.3 Å². The van der Waals surface area contributed by atoms with Crippen molar-refractivity contribution in [2.75, 3.05) is 60.3 Å². The Morgan fingerprint density at radius 3 is 0.904 bits per heavy atom. The number of unbranched alkanes of at least 4 members (excludes halogenated alkanes) is 6. The fraction of sp³-hybridized carbons (Fsp3) is 0.895. The highest BCUT2D eigenvalue weighted by atomic mass is 16.8. The highest BCUT2D eigenvalue weighted by Crippen LogP contribution is 2.39. The molecular weight excluding hydrogens is 1820 g/mol. The summed E-state index contributed by atoms with van der Waals surface area (Å²) < 4.78 is 96.4. The second-order valence-electron chi connectivity index (χ2n) is 31.5. The topological polar surface area (TPSA) is 747 Å². The van der Waals surface area contributed by atoms with Crippen LogP contribution in [0.1, 0.15) is 191 Å². The minimum atomic E-state index is -2.25. The van der Waals surface area contributed by atoms with Gasteiger partial charge in [0.25, 0.3) is 5.91 Å². The van der Waals surface area contributed by atoms with Crippen LogP contribution in [0.5, 0.6) is 0 Å². The molecule has 8 saturated heterocycles. The summed E-state index contributed by atoms with van der Waals surface area (Å²) in [6.45, 7) is 25.4. The Balaban J connectivity index is 0.00000245. The number of amides is 6. The molecule has 0 aromatic carbocycles. The van der Waals surface area contributed by atoms with Gasteiger partial charge in [0.15, 0.2) is 62.2 Å². The Bertz CT molecular complexity index is 3410. The molecule has 8 fully saturated rings. The van der Waals surface area contributed by atoms with Crippen LogP contribution in [-0.2, 0) is 124 Å². The highest BCUT2D eigenvalue weighted by Gasteiger charge is 2.61. The van der Waals surface area contributed by atoms with Crippen LogP contribution in [0.25, 0.3) is 0 Å². The molecule has 0 bridgehead atoms. The maximum absolute atomic E-state index is 13.2. The Morgan fingerprint density at radius 1 is 0.316 bits per heavy atom. The van der Waals surface area contributed by atoms with Gasteiger partial charge < -0.3 is 204 Å². The van der Waals surface area contributed by atoms with E-state index in [0.29, 0.717) is 13.0 Å². The summed E-state index contributed by atoms with van der Waals surface area (Å²) in [6.07, 6.45) is -57.4. The van der Waals surface area contributed by atoms with Crippen molar-refractivity contribution in [1.82, 2.24) is 31.9 Å². The van der Waals surface area contributed by atoms with Gasteiger partial charge in [-0.2, -0.15) is 0 Å². The number of aliphatic hydroxyl groups is 15. The maximum atomic E-state index is 13.2. The number of ether oxygens (including phenoxy) is 17. The number of aliphatic carboxylic acids is 3. The molecule has 24 N–H and O–H groups in total. The molecule has 0 spiro atoms. The molecule has 50 heteroatoms. The van der Waals surface area contributed by atoms with Crippen LogP contribution >= 0.6 is 0 Å². The Hall–Kier alpha value is -6.05. The van der Waals surface area contributed by atoms with Crippen LogP contribution in [0.4, 0.5) is 0 Å². The number of nitrogens with one attached hydrogen (secondary N) is 6. The van der Waals surface area contributed by atoms with E-state index in [1.54, 1.807) is 0 Å². The molecule has 8 aliphatic heterocycles. The Morgan fingerprint density at radius 2 is 0.588 bits per heavy atom. The monoisotopic (exact) mass is 1980 g/mol. The molecular formula is C86H162N6O44. The van der Waals surface area contributed by atoms with Gasteiger partial charge in [-0.25, -0.2) is 14.4 Å². The van der Waals surface area contributed by atoms with Crippen molar-refractivity contribution in [1.29, 1.82) is 0 Å². The van der Waals surface area contributed by atoms with Gasteiger partial charge in [0, 0.05) is 61.4 Å². The summed E-state index contributed by atoms with van der Waals surface area (Å²) in [5.41, 5.74) is 0. The van der Waals surface area contributed by atoms with Gasteiger partial charge in [0.1, 0.15) is 159 Å². The van der Waals surface area contributed by atoms with Crippen molar-refractivity contribution in [3.8, 4) is 0 Å². The molecule has 0 radical (unpaired) electrons. The fourth-order valence-corrected chi connectivity index (χ4v) is 15.7. The summed E-state index contributed by atoms with van der Waals surface area (Å²) in [5, 5.41) is 210. The van der Waals surface area contributed by atoms with Gasteiger partial charge in [0.2, 0.25) is 29.5 Å². The number of carbonyl (C=O) groups excluding carboxylic acids is 6. The summed E-state index contributed by atoms with van der Waals surface area (Å²) in [4.78, 5) is 112.